The molecule has 0 aromatic heterocycles. The van der Waals surface area contributed by atoms with Crippen LogP contribution in [0.15, 0.2) is 36.4 Å². The van der Waals surface area contributed by atoms with E-state index < -0.39 is 0 Å². The molecule has 0 radical (unpaired) electrons. The first-order valence-corrected chi connectivity index (χ1v) is 6.88. The SMILES string of the molecule is Cc1cc(C)c(OCC(=O)Nc2cccc(N)c2)c(Cl)c1. The van der Waals surface area contributed by atoms with Crippen LogP contribution in [-0.4, -0.2) is 12.5 Å². The maximum absolute atomic E-state index is 11.9. The van der Waals surface area contributed by atoms with Crippen molar-refractivity contribution in [2.45, 2.75) is 13.8 Å². The summed E-state index contributed by atoms with van der Waals surface area (Å²) in [6.07, 6.45) is 0. The summed E-state index contributed by atoms with van der Waals surface area (Å²) in [7, 11) is 0. The van der Waals surface area contributed by atoms with Crippen molar-refractivity contribution in [2.75, 3.05) is 17.7 Å². The summed E-state index contributed by atoms with van der Waals surface area (Å²) in [4.78, 5) is 11.9. The highest BCUT2D eigenvalue weighted by Crippen LogP contribution is 2.29. The van der Waals surface area contributed by atoms with E-state index in [4.69, 9.17) is 22.1 Å². The fraction of sp³-hybridized carbons (Fsp3) is 0.188. The van der Waals surface area contributed by atoms with E-state index in [9.17, 15) is 4.79 Å². The minimum Gasteiger partial charge on any atom is -0.482 e. The van der Waals surface area contributed by atoms with Crippen LogP contribution in [0.4, 0.5) is 11.4 Å². The normalized spacial score (nSPS) is 10.2. The van der Waals surface area contributed by atoms with Crippen molar-refractivity contribution in [1.82, 2.24) is 0 Å². The number of anilines is 2. The largest absolute Gasteiger partial charge is 0.482 e. The molecule has 2 rings (SSSR count). The molecule has 0 aliphatic rings. The zero-order valence-corrected chi connectivity index (χ0v) is 12.7. The third kappa shape index (κ3) is 4.13. The highest BCUT2D eigenvalue weighted by atomic mass is 35.5. The van der Waals surface area contributed by atoms with Gasteiger partial charge >= 0.3 is 0 Å². The number of halogens is 1. The zero-order valence-electron chi connectivity index (χ0n) is 11.9. The first-order valence-electron chi connectivity index (χ1n) is 6.50. The molecule has 0 spiro atoms. The fourth-order valence-corrected chi connectivity index (χ4v) is 2.41. The second-order valence-corrected chi connectivity index (χ2v) is 5.26. The molecule has 0 heterocycles. The van der Waals surface area contributed by atoms with Gasteiger partial charge in [0.05, 0.1) is 5.02 Å². The molecule has 21 heavy (non-hydrogen) atoms. The molecule has 0 atom stereocenters. The van der Waals surface area contributed by atoms with Crippen LogP contribution in [-0.2, 0) is 4.79 Å². The van der Waals surface area contributed by atoms with Crippen molar-refractivity contribution in [1.29, 1.82) is 0 Å². The molecule has 2 aromatic rings. The molecule has 0 aliphatic carbocycles. The molecular formula is C16H17ClN2O2. The number of benzene rings is 2. The minimum atomic E-state index is -0.267. The molecule has 0 bridgehead atoms. The average molecular weight is 305 g/mol. The Hall–Kier alpha value is -2.20. The average Bonchev–Trinajstić information content (AvgIpc) is 2.37. The van der Waals surface area contributed by atoms with Crippen molar-refractivity contribution < 1.29 is 9.53 Å². The maximum Gasteiger partial charge on any atom is 0.262 e. The maximum atomic E-state index is 11.9. The van der Waals surface area contributed by atoms with E-state index in [1.165, 1.54) is 0 Å². The molecule has 0 saturated heterocycles. The lowest BCUT2D eigenvalue weighted by Crippen LogP contribution is -2.20. The van der Waals surface area contributed by atoms with Crippen LogP contribution in [0.25, 0.3) is 0 Å². The lowest BCUT2D eigenvalue weighted by molar-refractivity contribution is -0.118. The monoisotopic (exact) mass is 304 g/mol. The van der Waals surface area contributed by atoms with Gasteiger partial charge in [0.25, 0.3) is 5.91 Å². The van der Waals surface area contributed by atoms with Gasteiger partial charge in [0.2, 0.25) is 0 Å². The van der Waals surface area contributed by atoms with Gasteiger partial charge < -0.3 is 15.8 Å². The number of ether oxygens (including phenoxy) is 1. The van der Waals surface area contributed by atoms with Gasteiger partial charge in [-0.05, 0) is 49.2 Å². The van der Waals surface area contributed by atoms with Gasteiger partial charge in [-0.1, -0.05) is 23.7 Å². The lowest BCUT2D eigenvalue weighted by Gasteiger charge is -2.12. The van der Waals surface area contributed by atoms with Crippen molar-refractivity contribution in [3.05, 3.63) is 52.5 Å². The van der Waals surface area contributed by atoms with Crippen LogP contribution >= 0.6 is 11.6 Å². The van der Waals surface area contributed by atoms with Gasteiger partial charge in [-0.2, -0.15) is 0 Å². The van der Waals surface area contributed by atoms with Gasteiger partial charge in [0.1, 0.15) is 5.75 Å². The summed E-state index contributed by atoms with van der Waals surface area (Å²) in [5.74, 6) is 0.265. The topological polar surface area (TPSA) is 64.3 Å². The third-order valence-electron chi connectivity index (χ3n) is 2.89. The van der Waals surface area contributed by atoms with Crippen LogP contribution in [0.2, 0.25) is 5.02 Å². The van der Waals surface area contributed by atoms with E-state index in [0.717, 1.165) is 11.1 Å². The van der Waals surface area contributed by atoms with Crippen molar-refractivity contribution >= 4 is 28.9 Å². The van der Waals surface area contributed by atoms with Crippen LogP contribution in [0.5, 0.6) is 5.75 Å². The fourth-order valence-electron chi connectivity index (χ4n) is 2.04. The predicted octanol–water partition coefficient (Wildman–Crippen LogP) is 3.56. The van der Waals surface area contributed by atoms with E-state index in [0.29, 0.717) is 22.1 Å². The van der Waals surface area contributed by atoms with E-state index in [1.54, 1.807) is 30.3 Å². The summed E-state index contributed by atoms with van der Waals surface area (Å²) in [6.45, 7) is 3.73. The number of carbonyl (C=O) groups is 1. The smallest absolute Gasteiger partial charge is 0.262 e. The highest BCUT2D eigenvalue weighted by molar-refractivity contribution is 6.32. The minimum absolute atomic E-state index is 0.113. The van der Waals surface area contributed by atoms with Crippen LogP contribution in [0.3, 0.4) is 0 Å². The molecule has 0 aliphatic heterocycles. The van der Waals surface area contributed by atoms with Gasteiger partial charge in [0, 0.05) is 11.4 Å². The van der Waals surface area contributed by atoms with Gasteiger partial charge in [-0.25, -0.2) is 0 Å². The number of carbonyl (C=O) groups excluding carboxylic acids is 1. The number of nitrogen functional groups attached to an aromatic ring is 1. The van der Waals surface area contributed by atoms with Gasteiger partial charge in [-0.15, -0.1) is 0 Å². The summed E-state index contributed by atoms with van der Waals surface area (Å²) in [5.41, 5.74) is 8.83. The Balaban J connectivity index is 1.99. The third-order valence-corrected chi connectivity index (χ3v) is 3.17. The summed E-state index contributed by atoms with van der Waals surface area (Å²) in [5, 5.41) is 3.22. The van der Waals surface area contributed by atoms with Crippen LogP contribution in [0.1, 0.15) is 11.1 Å². The number of hydrogen-bond donors (Lipinski definition) is 2. The number of rotatable bonds is 4. The van der Waals surface area contributed by atoms with E-state index in [2.05, 4.69) is 5.32 Å². The Labute approximate surface area is 128 Å². The molecule has 4 nitrogen and oxygen atoms in total. The van der Waals surface area contributed by atoms with Crippen LogP contribution in [0, 0.1) is 13.8 Å². The van der Waals surface area contributed by atoms with Crippen LogP contribution < -0.4 is 15.8 Å². The Morgan fingerprint density at radius 2 is 2.05 bits per heavy atom. The Morgan fingerprint density at radius 1 is 1.29 bits per heavy atom. The van der Waals surface area contributed by atoms with Gasteiger partial charge in [0.15, 0.2) is 6.61 Å². The van der Waals surface area contributed by atoms with Crippen molar-refractivity contribution in [2.24, 2.45) is 0 Å². The Kier molecular flexibility index (Phi) is 4.70. The quantitative estimate of drug-likeness (QED) is 0.849. The molecule has 0 fully saturated rings. The molecule has 2 aromatic carbocycles. The molecule has 1 amide bonds. The summed E-state index contributed by atoms with van der Waals surface area (Å²) >= 11 is 6.13. The van der Waals surface area contributed by atoms with E-state index in [1.807, 2.05) is 19.9 Å². The summed E-state index contributed by atoms with van der Waals surface area (Å²) in [6, 6.07) is 10.7. The second-order valence-electron chi connectivity index (χ2n) is 4.86. The lowest BCUT2D eigenvalue weighted by atomic mass is 10.1. The van der Waals surface area contributed by atoms with E-state index in [-0.39, 0.29) is 12.5 Å². The Morgan fingerprint density at radius 3 is 2.71 bits per heavy atom. The zero-order chi connectivity index (χ0) is 15.4. The molecule has 5 heteroatoms. The standard InChI is InChI=1S/C16H17ClN2O2/c1-10-6-11(2)16(14(17)7-10)21-9-15(20)19-13-5-3-4-12(18)8-13/h3-8H,9,18H2,1-2H3,(H,19,20). The molecule has 3 N–H and O–H groups in total. The molecule has 110 valence electrons. The highest BCUT2D eigenvalue weighted by Gasteiger charge is 2.09. The first-order chi connectivity index (χ1) is 9.95. The molecular weight excluding hydrogens is 288 g/mol. The number of amides is 1. The van der Waals surface area contributed by atoms with E-state index >= 15 is 0 Å². The number of nitrogens with one attached hydrogen (secondary N) is 1. The number of hydrogen-bond acceptors (Lipinski definition) is 3. The second kappa shape index (κ2) is 6.50. The molecule has 0 unspecified atom stereocenters. The molecule has 0 saturated carbocycles. The number of aryl methyl sites for hydroxylation is 2. The predicted molar refractivity (Wildman–Crippen MR) is 85.9 cm³/mol. The van der Waals surface area contributed by atoms with Crippen molar-refractivity contribution in [3.63, 3.8) is 0 Å². The first kappa shape index (κ1) is 15.2. The Bertz CT molecular complexity index is 648. The number of nitrogens with two attached hydrogens (primary N) is 1. The summed E-state index contributed by atoms with van der Waals surface area (Å²) < 4.78 is 5.51. The van der Waals surface area contributed by atoms with Gasteiger partial charge in [-0.3, -0.25) is 4.79 Å². The van der Waals surface area contributed by atoms with Crippen molar-refractivity contribution in [3.8, 4) is 5.75 Å².